The van der Waals surface area contributed by atoms with Gasteiger partial charge in [-0.3, -0.25) is 0 Å². The van der Waals surface area contributed by atoms with E-state index in [9.17, 15) is 0 Å². The van der Waals surface area contributed by atoms with Gasteiger partial charge in [-0.25, -0.2) is 9.97 Å². The molecule has 0 fully saturated rings. The minimum Gasteiger partial charge on any atom is -0.451 e. The van der Waals surface area contributed by atoms with Crippen LogP contribution in [-0.4, -0.2) is 9.97 Å². The number of halogens is 3. The van der Waals surface area contributed by atoms with Crippen LogP contribution in [0.1, 0.15) is 0 Å². The smallest absolute Gasteiger partial charge is 0.224 e. The summed E-state index contributed by atoms with van der Waals surface area (Å²) < 4.78 is 6.50. The Morgan fingerprint density at radius 3 is 2.81 bits per heavy atom. The summed E-state index contributed by atoms with van der Waals surface area (Å²) in [5.41, 5.74) is 1.79. The summed E-state index contributed by atoms with van der Waals surface area (Å²) in [6.45, 7) is 0. The lowest BCUT2D eigenvalue weighted by Crippen LogP contribution is -1.82. The molecule has 0 amide bonds. The molecule has 0 N–H and O–H groups in total. The molecule has 3 aromatic rings. The Morgan fingerprint density at radius 2 is 2.00 bits per heavy atom. The monoisotopic (exact) mass is 316 g/mol. The molecule has 0 aliphatic rings. The van der Waals surface area contributed by atoms with E-state index in [0.717, 1.165) is 9.86 Å². The molecule has 0 radical (unpaired) electrons. The predicted octanol–water partition coefficient (Wildman–Crippen LogP) is 4.45. The van der Waals surface area contributed by atoms with Gasteiger partial charge in [0.1, 0.15) is 11.1 Å². The van der Waals surface area contributed by atoms with E-state index in [4.69, 9.17) is 27.6 Å². The van der Waals surface area contributed by atoms with E-state index in [2.05, 4.69) is 25.9 Å². The van der Waals surface area contributed by atoms with Crippen LogP contribution in [0.25, 0.3) is 22.1 Å². The molecule has 0 atom stereocenters. The van der Waals surface area contributed by atoms with Crippen LogP contribution in [0.3, 0.4) is 0 Å². The van der Waals surface area contributed by atoms with Crippen LogP contribution in [0.4, 0.5) is 0 Å². The van der Waals surface area contributed by atoms with Crippen molar-refractivity contribution in [1.82, 2.24) is 9.97 Å². The first-order chi connectivity index (χ1) is 7.65. The van der Waals surface area contributed by atoms with Gasteiger partial charge in [-0.1, -0.05) is 27.5 Å². The first kappa shape index (κ1) is 10.3. The molecule has 1 aromatic carbocycles. The van der Waals surface area contributed by atoms with Gasteiger partial charge in [0.25, 0.3) is 0 Å². The van der Waals surface area contributed by atoms with Gasteiger partial charge in [0.05, 0.1) is 0 Å². The molecule has 6 heteroatoms. The standard InChI is InChI=1S/C10H3BrCl2N2O/c11-4-1-2-5-6(3-4)16-8-7(5)14-10(13)15-9(8)12/h1-3H. The van der Waals surface area contributed by atoms with Crippen molar-refractivity contribution in [3.05, 3.63) is 33.1 Å². The zero-order valence-electron chi connectivity index (χ0n) is 7.67. The van der Waals surface area contributed by atoms with Crippen LogP contribution in [0, 0.1) is 0 Å². The Bertz CT molecular complexity index is 711. The number of hydrogen-bond donors (Lipinski definition) is 0. The predicted molar refractivity (Wildman–Crippen MR) is 67.0 cm³/mol. The topological polar surface area (TPSA) is 38.9 Å². The Hall–Kier alpha value is -0.840. The molecule has 3 rings (SSSR count). The highest BCUT2D eigenvalue weighted by Crippen LogP contribution is 2.33. The van der Waals surface area contributed by atoms with Crippen molar-refractivity contribution >= 4 is 61.2 Å². The quantitative estimate of drug-likeness (QED) is 0.454. The molecule has 0 unspecified atom stereocenters. The van der Waals surface area contributed by atoms with E-state index < -0.39 is 0 Å². The van der Waals surface area contributed by atoms with Crippen molar-refractivity contribution in [3.8, 4) is 0 Å². The maximum absolute atomic E-state index is 5.93. The summed E-state index contributed by atoms with van der Waals surface area (Å²) >= 11 is 15.1. The lowest BCUT2D eigenvalue weighted by atomic mass is 10.2. The van der Waals surface area contributed by atoms with E-state index in [1.165, 1.54) is 0 Å². The Labute approximate surface area is 109 Å². The highest BCUT2D eigenvalue weighted by Gasteiger charge is 2.13. The van der Waals surface area contributed by atoms with E-state index in [1.807, 2.05) is 18.2 Å². The molecule has 16 heavy (non-hydrogen) atoms. The second-order valence-electron chi connectivity index (χ2n) is 3.20. The van der Waals surface area contributed by atoms with Gasteiger partial charge in [0, 0.05) is 9.86 Å². The molecule has 0 saturated carbocycles. The SMILES string of the molecule is Clc1nc(Cl)c2oc3cc(Br)ccc3c2n1. The maximum atomic E-state index is 5.93. The highest BCUT2D eigenvalue weighted by molar-refractivity contribution is 9.10. The summed E-state index contributed by atoms with van der Waals surface area (Å²) in [6.07, 6.45) is 0. The fourth-order valence-electron chi connectivity index (χ4n) is 1.56. The second-order valence-corrected chi connectivity index (χ2v) is 4.82. The number of hydrogen-bond acceptors (Lipinski definition) is 3. The number of furan rings is 1. The molecule has 3 nitrogen and oxygen atoms in total. The van der Waals surface area contributed by atoms with E-state index in [0.29, 0.717) is 16.7 Å². The van der Waals surface area contributed by atoms with Crippen molar-refractivity contribution in [2.75, 3.05) is 0 Å². The number of benzene rings is 1. The Balaban J connectivity index is 2.55. The molecule has 0 aliphatic heterocycles. The Morgan fingerprint density at radius 1 is 1.19 bits per heavy atom. The number of fused-ring (bicyclic) bond motifs is 3. The first-order valence-corrected chi connectivity index (χ1v) is 5.91. The van der Waals surface area contributed by atoms with E-state index >= 15 is 0 Å². The maximum Gasteiger partial charge on any atom is 0.224 e. The third kappa shape index (κ3) is 1.49. The van der Waals surface area contributed by atoms with Gasteiger partial charge >= 0.3 is 0 Å². The Kier molecular flexibility index (Phi) is 2.31. The molecular formula is C10H3BrCl2N2O. The molecular weight excluding hydrogens is 315 g/mol. The van der Waals surface area contributed by atoms with Crippen LogP contribution in [0.15, 0.2) is 27.1 Å². The number of nitrogens with zero attached hydrogens (tertiary/aromatic N) is 2. The van der Waals surface area contributed by atoms with Gasteiger partial charge in [-0.15, -0.1) is 0 Å². The van der Waals surface area contributed by atoms with Crippen molar-refractivity contribution in [1.29, 1.82) is 0 Å². The van der Waals surface area contributed by atoms with Gasteiger partial charge in [0.2, 0.25) is 5.28 Å². The van der Waals surface area contributed by atoms with Gasteiger partial charge in [-0.2, -0.15) is 0 Å². The highest BCUT2D eigenvalue weighted by atomic mass is 79.9. The fourth-order valence-corrected chi connectivity index (χ4v) is 2.32. The third-order valence-electron chi connectivity index (χ3n) is 2.21. The largest absolute Gasteiger partial charge is 0.451 e. The van der Waals surface area contributed by atoms with Crippen molar-refractivity contribution < 1.29 is 4.42 Å². The zero-order valence-corrected chi connectivity index (χ0v) is 10.8. The second kappa shape index (κ2) is 3.58. The molecule has 0 aliphatic carbocycles. The van der Waals surface area contributed by atoms with Crippen LogP contribution in [0.2, 0.25) is 10.4 Å². The van der Waals surface area contributed by atoms with Gasteiger partial charge < -0.3 is 4.42 Å². The minimum absolute atomic E-state index is 0.114. The molecule has 0 spiro atoms. The van der Waals surface area contributed by atoms with Gasteiger partial charge in [0.15, 0.2) is 10.7 Å². The molecule has 0 bridgehead atoms. The fraction of sp³-hybridized carbons (Fsp3) is 0. The van der Waals surface area contributed by atoms with E-state index in [1.54, 1.807) is 0 Å². The van der Waals surface area contributed by atoms with Crippen molar-refractivity contribution in [2.45, 2.75) is 0 Å². The third-order valence-corrected chi connectivity index (χ3v) is 3.13. The number of aromatic nitrogens is 2. The molecule has 2 aromatic heterocycles. The normalized spacial score (nSPS) is 11.4. The van der Waals surface area contributed by atoms with Crippen LogP contribution >= 0.6 is 39.1 Å². The molecule has 0 saturated heterocycles. The number of rotatable bonds is 0. The summed E-state index contributed by atoms with van der Waals surface area (Å²) in [5.74, 6) is 0. The van der Waals surface area contributed by atoms with Gasteiger partial charge in [-0.05, 0) is 29.8 Å². The van der Waals surface area contributed by atoms with Crippen LogP contribution in [0.5, 0.6) is 0 Å². The average molecular weight is 318 g/mol. The minimum atomic E-state index is 0.114. The van der Waals surface area contributed by atoms with E-state index in [-0.39, 0.29) is 10.4 Å². The molecule has 2 heterocycles. The average Bonchev–Trinajstić information content (AvgIpc) is 2.56. The first-order valence-electron chi connectivity index (χ1n) is 4.36. The summed E-state index contributed by atoms with van der Waals surface area (Å²) in [6, 6.07) is 5.65. The lowest BCUT2D eigenvalue weighted by Gasteiger charge is -1.92. The molecule has 80 valence electrons. The summed E-state index contributed by atoms with van der Waals surface area (Å²) in [4.78, 5) is 7.95. The lowest BCUT2D eigenvalue weighted by molar-refractivity contribution is 0.665. The summed E-state index contributed by atoms with van der Waals surface area (Å²) in [7, 11) is 0. The van der Waals surface area contributed by atoms with Crippen LogP contribution < -0.4 is 0 Å². The summed E-state index contributed by atoms with van der Waals surface area (Å²) in [5, 5.41) is 1.20. The van der Waals surface area contributed by atoms with Crippen molar-refractivity contribution in [2.24, 2.45) is 0 Å². The van der Waals surface area contributed by atoms with Crippen LogP contribution in [-0.2, 0) is 0 Å². The van der Waals surface area contributed by atoms with Crippen molar-refractivity contribution in [3.63, 3.8) is 0 Å². The zero-order chi connectivity index (χ0) is 11.3.